The molecule has 0 saturated carbocycles. The molecule has 2 saturated heterocycles. The summed E-state index contributed by atoms with van der Waals surface area (Å²) in [6, 6.07) is 6.93. The SMILES string of the molecule is CC1CCN(C(=O)c2ccc3c(c2)c2c(n3Sc3cn(C)cn3)CCN(C3CCOCC3)C2)CC1. The van der Waals surface area contributed by atoms with Gasteiger partial charge < -0.3 is 14.2 Å². The molecule has 2 aromatic heterocycles. The van der Waals surface area contributed by atoms with E-state index in [0.717, 1.165) is 82.1 Å². The fourth-order valence-corrected chi connectivity index (χ4v) is 6.93. The largest absolute Gasteiger partial charge is 0.381 e. The third-order valence-corrected chi connectivity index (χ3v) is 9.02. The van der Waals surface area contributed by atoms with Crippen LogP contribution in [0.3, 0.4) is 0 Å². The lowest BCUT2D eigenvalue weighted by molar-refractivity contribution is 0.0291. The van der Waals surface area contributed by atoms with Gasteiger partial charge in [0.25, 0.3) is 5.91 Å². The normalized spacial score (nSPS) is 20.5. The van der Waals surface area contributed by atoms with Crippen molar-refractivity contribution in [3.63, 3.8) is 0 Å². The number of carbonyl (C=O) groups is 1. The molecule has 35 heavy (non-hydrogen) atoms. The third-order valence-electron chi connectivity index (χ3n) is 8.02. The highest BCUT2D eigenvalue weighted by molar-refractivity contribution is 7.98. The van der Waals surface area contributed by atoms with Crippen LogP contribution in [-0.2, 0) is 24.8 Å². The van der Waals surface area contributed by atoms with Crippen LogP contribution >= 0.6 is 11.9 Å². The van der Waals surface area contributed by atoms with Crippen molar-refractivity contribution in [2.45, 2.75) is 56.6 Å². The Labute approximate surface area is 211 Å². The van der Waals surface area contributed by atoms with Crippen LogP contribution in [0.25, 0.3) is 10.9 Å². The molecule has 6 rings (SSSR count). The Morgan fingerprint density at radius 1 is 1.11 bits per heavy atom. The van der Waals surface area contributed by atoms with Gasteiger partial charge in [0.05, 0.1) is 11.8 Å². The molecule has 7 nitrogen and oxygen atoms in total. The van der Waals surface area contributed by atoms with Crippen molar-refractivity contribution < 1.29 is 9.53 Å². The molecule has 0 unspecified atom stereocenters. The Balaban J connectivity index is 1.37. The number of ether oxygens (including phenoxy) is 1. The predicted molar refractivity (Wildman–Crippen MR) is 139 cm³/mol. The molecule has 3 aliphatic rings. The second-order valence-corrected chi connectivity index (χ2v) is 11.4. The van der Waals surface area contributed by atoms with Gasteiger partial charge in [0.15, 0.2) is 0 Å². The van der Waals surface area contributed by atoms with Gasteiger partial charge in [-0.1, -0.05) is 6.92 Å². The predicted octanol–water partition coefficient (Wildman–Crippen LogP) is 4.34. The van der Waals surface area contributed by atoms with Crippen LogP contribution in [0.5, 0.6) is 0 Å². The van der Waals surface area contributed by atoms with Crippen LogP contribution < -0.4 is 0 Å². The quantitative estimate of drug-likeness (QED) is 0.541. The smallest absolute Gasteiger partial charge is 0.253 e. The van der Waals surface area contributed by atoms with Crippen LogP contribution in [0.2, 0.25) is 0 Å². The average Bonchev–Trinajstić information content (AvgIpc) is 3.44. The van der Waals surface area contributed by atoms with Gasteiger partial charge in [-0.05, 0) is 55.4 Å². The summed E-state index contributed by atoms with van der Waals surface area (Å²) in [4.78, 5) is 22.7. The molecule has 3 aliphatic heterocycles. The summed E-state index contributed by atoms with van der Waals surface area (Å²) in [5.74, 6) is 0.886. The third kappa shape index (κ3) is 4.52. The first-order chi connectivity index (χ1) is 17.1. The van der Waals surface area contributed by atoms with Gasteiger partial charge in [0, 0.05) is 93.7 Å². The van der Waals surface area contributed by atoms with Gasteiger partial charge in [-0.15, -0.1) is 0 Å². The summed E-state index contributed by atoms with van der Waals surface area (Å²) < 4.78 is 9.98. The molecule has 8 heteroatoms. The number of rotatable bonds is 4. The first-order valence-corrected chi connectivity index (χ1v) is 13.8. The molecule has 3 aromatic rings. The van der Waals surface area contributed by atoms with Crippen LogP contribution in [0.4, 0.5) is 0 Å². The number of amides is 1. The molecular formula is C27H35N5O2S. The minimum atomic E-state index is 0.176. The summed E-state index contributed by atoms with van der Waals surface area (Å²) in [5.41, 5.74) is 4.75. The van der Waals surface area contributed by atoms with E-state index in [1.54, 1.807) is 11.9 Å². The van der Waals surface area contributed by atoms with Crippen molar-refractivity contribution in [1.29, 1.82) is 0 Å². The number of fused-ring (bicyclic) bond motifs is 3. The van der Waals surface area contributed by atoms with Gasteiger partial charge in [0.2, 0.25) is 0 Å². The maximum atomic E-state index is 13.4. The topological polar surface area (TPSA) is 55.5 Å². The number of aromatic nitrogens is 3. The molecule has 186 valence electrons. The zero-order valence-electron chi connectivity index (χ0n) is 20.8. The fraction of sp³-hybridized carbons (Fsp3) is 0.556. The van der Waals surface area contributed by atoms with Crippen molar-refractivity contribution in [2.75, 3.05) is 32.8 Å². The van der Waals surface area contributed by atoms with E-state index >= 15 is 0 Å². The number of aryl methyl sites for hydroxylation is 1. The standard InChI is InChI=1S/C27H35N5O2S/c1-19-5-10-30(11-6-19)27(33)20-3-4-24-22(15-20)23-16-31(21-8-13-34-14-9-21)12-7-25(23)32(24)35-26-17-29(2)18-28-26/h3-4,15,17-19,21H,5-14,16H2,1-2H3. The maximum Gasteiger partial charge on any atom is 0.253 e. The monoisotopic (exact) mass is 493 g/mol. The first kappa shape index (κ1) is 23.1. The second kappa shape index (κ2) is 9.64. The van der Waals surface area contributed by atoms with E-state index in [-0.39, 0.29) is 5.91 Å². The van der Waals surface area contributed by atoms with E-state index in [1.807, 2.05) is 28.9 Å². The molecule has 5 heterocycles. The molecule has 0 atom stereocenters. The summed E-state index contributed by atoms with van der Waals surface area (Å²) in [6.07, 6.45) is 9.33. The van der Waals surface area contributed by atoms with Crippen LogP contribution in [0, 0.1) is 5.92 Å². The molecule has 0 N–H and O–H groups in total. The highest BCUT2D eigenvalue weighted by Gasteiger charge is 2.30. The van der Waals surface area contributed by atoms with E-state index in [4.69, 9.17) is 4.74 Å². The summed E-state index contributed by atoms with van der Waals surface area (Å²) in [6.45, 7) is 7.73. The Morgan fingerprint density at radius 3 is 2.66 bits per heavy atom. The van der Waals surface area contributed by atoms with E-state index in [9.17, 15) is 4.79 Å². The lowest BCUT2D eigenvalue weighted by Gasteiger charge is -2.37. The van der Waals surface area contributed by atoms with E-state index in [2.05, 4.69) is 39.1 Å². The first-order valence-electron chi connectivity index (χ1n) is 13.0. The number of piperidine rings is 1. The minimum Gasteiger partial charge on any atom is -0.381 e. The number of nitrogens with zero attached hydrogens (tertiary/aromatic N) is 5. The lowest BCUT2D eigenvalue weighted by Crippen LogP contribution is -2.42. The second-order valence-electron chi connectivity index (χ2n) is 10.5. The number of likely N-dealkylation sites (tertiary alicyclic amines) is 1. The van der Waals surface area contributed by atoms with Crippen LogP contribution in [-0.4, -0.2) is 68.1 Å². The molecule has 0 radical (unpaired) electrons. The molecule has 0 spiro atoms. The summed E-state index contributed by atoms with van der Waals surface area (Å²) >= 11 is 1.69. The van der Waals surface area contributed by atoms with E-state index in [1.165, 1.54) is 22.2 Å². The Hall–Kier alpha value is -2.29. The average molecular weight is 494 g/mol. The summed E-state index contributed by atoms with van der Waals surface area (Å²) in [7, 11) is 2.01. The Morgan fingerprint density at radius 2 is 1.91 bits per heavy atom. The van der Waals surface area contributed by atoms with Crippen molar-refractivity contribution >= 4 is 28.8 Å². The van der Waals surface area contributed by atoms with Crippen LogP contribution in [0.15, 0.2) is 35.7 Å². The Bertz CT molecular complexity index is 1220. The molecule has 2 fully saturated rings. The number of hydrogen-bond acceptors (Lipinski definition) is 5. The Kier molecular flexibility index (Phi) is 6.37. The van der Waals surface area contributed by atoms with Crippen molar-refractivity contribution in [3.8, 4) is 0 Å². The highest BCUT2D eigenvalue weighted by atomic mass is 32.2. The molecular weight excluding hydrogens is 458 g/mol. The molecule has 1 amide bonds. The van der Waals surface area contributed by atoms with Crippen molar-refractivity contribution in [1.82, 2.24) is 23.3 Å². The molecule has 0 bridgehead atoms. The lowest BCUT2D eigenvalue weighted by atomic mass is 9.97. The van der Waals surface area contributed by atoms with Gasteiger partial charge in [-0.3, -0.25) is 13.7 Å². The zero-order valence-corrected chi connectivity index (χ0v) is 21.6. The molecule has 1 aromatic carbocycles. The summed E-state index contributed by atoms with van der Waals surface area (Å²) in [5, 5.41) is 2.21. The number of carbonyl (C=O) groups excluding carboxylic acids is 1. The van der Waals surface area contributed by atoms with E-state index < -0.39 is 0 Å². The zero-order chi connectivity index (χ0) is 23.9. The van der Waals surface area contributed by atoms with Gasteiger partial charge in [-0.25, -0.2) is 4.98 Å². The van der Waals surface area contributed by atoms with Crippen molar-refractivity contribution in [2.24, 2.45) is 13.0 Å². The van der Waals surface area contributed by atoms with Gasteiger partial charge in [-0.2, -0.15) is 0 Å². The number of benzene rings is 1. The van der Waals surface area contributed by atoms with Crippen LogP contribution in [0.1, 0.15) is 54.2 Å². The minimum absolute atomic E-state index is 0.176. The maximum absolute atomic E-state index is 13.4. The fourth-order valence-electron chi connectivity index (χ4n) is 5.86. The van der Waals surface area contributed by atoms with Gasteiger partial charge in [0.1, 0.15) is 5.03 Å². The highest BCUT2D eigenvalue weighted by Crippen LogP contribution is 2.38. The number of imidazole rings is 1. The molecule has 0 aliphatic carbocycles. The number of hydrogen-bond donors (Lipinski definition) is 0. The van der Waals surface area contributed by atoms with Gasteiger partial charge >= 0.3 is 0 Å². The van der Waals surface area contributed by atoms with Crippen molar-refractivity contribution in [3.05, 3.63) is 47.5 Å². The van der Waals surface area contributed by atoms with E-state index in [0.29, 0.717) is 12.0 Å².